The van der Waals surface area contributed by atoms with Gasteiger partial charge in [-0.15, -0.1) is 0 Å². The van der Waals surface area contributed by atoms with E-state index in [4.69, 9.17) is 4.74 Å². The first-order valence-corrected chi connectivity index (χ1v) is 10.7. The molecule has 0 aliphatic heterocycles. The average Bonchev–Trinajstić information content (AvgIpc) is 2.41. The van der Waals surface area contributed by atoms with Crippen molar-refractivity contribution < 1.29 is 9.53 Å². The van der Waals surface area contributed by atoms with Crippen molar-refractivity contribution in [3.63, 3.8) is 0 Å². The second-order valence-electron chi connectivity index (χ2n) is 5.73. The molecule has 3 heteroatoms. The number of rotatable bonds is 11. The van der Waals surface area contributed by atoms with Crippen LogP contribution in [0.5, 0.6) is 0 Å². The van der Waals surface area contributed by atoms with Crippen LogP contribution in [0.25, 0.3) is 0 Å². The minimum absolute atomic E-state index is 0.231. The van der Waals surface area contributed by atoms with Crippen LogP contribution in [0.4, 0.5) is 0 Å². The molecule has 19 heavy (non-hydrogen) atoms. The van der Waals surface area contributed by atoms with Crippen LogP contribution in [0.1, 0.15) is 53.4 Å². The molecule has 0 unspecified atom stereocenters. The van der Waals surface area contributed by atoms with Crippen LogP contribution in [-0.4, -0.2) is 20.7 Å². The molecule has 112 valence electrons. The standard InChI is InChI=1S/C16H32O2Si/c1-6-9-12-19(8-3,13-10-7-2)14-11-18-16(17)15(4)5/h4,6-14H2,1-3,5H3. The predicted molar refractivity (Wildman–Crippen MR) is 86.2 cm³/mol. The van der Waals surface area contributed by atoms with Crippen LogP contribution in [-0.2, 0) is 9.53 Å². The minimum Gasteiger partial charge on any atom is -0.463 e. The molecule has 0 saturated heterocycles. The van der Waals surface area contributed by atoms with Crippen LogP contribution in [0.3, 0.4) is 0 Å². The van der Waals surface area contributed by atoms with E-state index in [-0.39, 0.29) is 5.97 Å². The molecule has 0 radical (unpaired) electrons. The molecule has 0 heterocycles. The topological polar surface area (TPSA) is 26.3 Å². The van der Waals surface area contributed by atoms with Gasteiger partial charge in [-0.25, -0.2) is 4.79 Å². The van der Waals surface area contributed by atoms with Crippen molar-refractivity contribution in [2.45, 2.75) is 77.6 Å². The van der Waals surface area contributed by atoms with Gasteiger partial charge in [-0.3, -0.25) is 0 Å². The summed E-state index contributed by atoms with van der Waals surface area (Å²) >= 11 is 0. The maximum absolute atomic E-state index is 11.4. The molecule has 0 bridgehead atoms. The van der Waals surface area contributed by atoms with Gasteiger partial charge in [-0.1, -0.05) is 71.2 Å². The normalized spacial score (nSPS) is 11.4. The Morgan fingerprint density at radius 1 is 1.05 bits per heavy atom. The summed E-state index contributed by atoms with van der Waals surface area (Å²) in [7, 11) is -1.22. The number of unbranched alkanes of at least 4 members (excludes halogenated alkanes) is 2. The van der Waals surface area contributed by atoms with Crippen LogP contribution in [0.15, 0.2) is 12.2 Å². The van der Waals surface area contributed by atoms with Crippen molar-refractivity contribution in [1.29, 1.82) is 0 Å². The predicted octanol–water partition coefficient (Wildman–Crippen LogP) is 5.17. The zero-order valence-corrected chi connectivity index (χ0v) is 14.4. The molecule has 0 saturated carbocycles. The maximum Gasteiger partial charge on any atom is 0.333 e. The molecule has 0 spiro atoms. The molecular weight excluding hydrogens is 252 g/mol. The van der Waals surface area contributed by atoms with Crippen LogP contribution < -0.4 is 0 Å². The molecule has 0 N–H and O–H groups in total. The van der Waals surface area contributed by atoms with E-state index in [1.165, 1.54) is 43.8 Å². The number of esters is 1. The van der Waals surface area contributed by atoms with Gasteiger partial charge in [0.05, 0.1) is 14.7 Å². The molecule has 0 aromatic heterocycles. The van der Waals surface area contributed by atoms with Crippen LogP contribution >= 0.6 is 0 Å². The summed E-state index contributed by atoms with van der Waals surface area (Å²) in [4.78, 5) is 11.4. The highest BCUT2D eigenvalue weighted by Crippen LogP contribution is 2.30. The Bertz CT molecular complexity index is 266. The van der Waals surface area contributed by atoms with E-state index in [2.05, 4.69) is 27.4 Å². The van der Waals surface area contributed by atoms with Gasteiger partial charge in [-0.2, -0.15) is 0 Å². The average molecular weight is 285 g/mol. The van der Waals surface area contributed by atoms with Crippen molar-refractivity contribution >= 4 is 14.0 Å². The highest BCUT2D eigenvalue weighted by molar-refractivity contribution is 6.79. The van der Waals surface area contributed by atoms with E-state index in [1.54, 1.807) is 6.92 Å². The molecule has 0 aliphatic rings. The second-order valence-corrected chi connectivity index (χ2v) is 10.9. The number of ether oxygens (including phenoxy) is 1. The Kier molecular flexibility index (Phi) is 9.93. The summed E-state index contributed by atoms with van der Waals surface area (Å²) < 4.78 is 5.32. The summed E-state index contributed by atoms with van der Waals surface area (Å²) in [5.74, 6) is -0.231. The summed E-state index contributed by atoms with van der Waals surface area (Å²) in [6, 6.07) is 5.23. The lowest BCUT2D eigenvalue weighted by Crippen LogP contribution is -2.34. The molecule has 2 nitrogen and oxygen atoms in total. The lowest BCUT2D eigenvalue weighted by molar-refractivity contribution is -0.138. The summed E-state index contributed by atoms with van der Waals surface area (Å²) in [6.45, 7) is 12.8. The third-order valence-electron chi connectivity index (χ3n) is 4.09. The smallest absolute Gasteiger partial charge is 0.333 e. The van der Waals surface area contributed by atoms with Gasteiger partial charge in [0.25, 0.3) is 0 Å². The molecule has 0 aromatic carbocycles. The first-order chi connectivity index (χ1) is 9.01. The molecule has 0 atom stereocenters. The minimum atomic E-state index is -1.22. The Balaban J connectivity index is 4.37. The van der Waals surface area contributed by atoms with Gasteiger partial charge >= 0.3 is 5.97 Å². The van der Waals surface area contributed by atoms with Crippen LogP contribution in [0.2, 0.25) is 24.2 Å². The lowest BCUT2D eigenvalue weighted by atomic mass is 10.4. The highest BCUT2D eigenvalue weighted by Gasteiger charge is 2.29. The first-order valence-electron chi connectivity index (χ1n) is 7.84. The third kappa shape index (κ3) is 7.56. The number of hydrogen-bond acceptors (Lipinski definition) is 2. The molecule has 0 amide bonds. The van der Waals surface area contributed by atoms with Gasteiger partial charge in [0, 0.05) is 5.57 Å². The van der Waals surface area contributed by atoms with Crippen molar-refractivity contribution in [3.8, 4) is 0 Å². The molecule has 0 rings (SSSR count). The number of carbonyl (C=O) groups is 1. The van der Waals surface area contributed by atoms with E-state index >= 15 is 0 Å². The van der Waals surface area contributed by atoms with Crippen molar-refractivity contribution in [2.75, 3.05) is 6.61 Å². The Hall–Kier alpha value is -0.573. The van der Waals surface area contributed by atoms with Gasteiger partial charge in [0.2, 0.25) is 0 Å². The quantitative estimate of drug-likeness (QED) is 0.297. The van der Waals surface area contributed by atoms with E-state index in [0.717, 1.165) is 6.04 Å². The first kappa shape index (κ1) is 18.4. The fourth-order valence-electron chi connectivity index (χ4n) is 2.49. The summed E-state index contributed by atoms with van der Waals surface area (Å²) in [5, 5.41) is 0. The molecule has 0 aliphatic carbocycles. The SMILES string of the molecule is C=C(C)C(=O)OCC[Si](CC)(CCCC)CCCC. The Morgan fingerprint density at radius 2 is 1.58 bits per heavy atom. The maximum atomic E-state index is 11.4. The summed E-state index contributed by atoms with van der Waals surface area (Å²) in [5.41, 5.74) is 0.505. The van der Waals surface area contributed by atoms with Crippen molar-refractivity contribution in [2.24, 2.45) is 0 Å². The Morgan fingerprint density at radius 3 is 1.95 bits per heavy atom. The van der Waals surface area contributed by atoms with E-state index in [0.29, 0.717) is 12.2 Å². The van der Waals surface area contributed by atoms with Gasteiger partial charge in [0.1, 0.15) is 0 Å². The Labute approximate surface area is 120 Å². The van der Waals surface area contributed by atoms with E-state index in [1.807, 2.05) is 0 Å². The summed E-state index contributed by atoms with van der Waals surface area (Å²) in [6.07, 6.45) is 5.20. The second kappa shape index (κ2) is 10.2. The lowest BCUT2D eigenvalue weighted by Gasteiger charge is -2.30. The zero-order chi connectivity index (χ0) is 14.7. The van der Waals surface area contributed by atoms with Gasteiger partial charge in [-0.05, 0) is 13.0 Å². The number of hydrogen-bond donors (Lipinski definition) is 0. The third-order valence-corrected chi connectivity index (χ3v) is 9.68. The molecular formula is C16H32O2Si. The largest absolute Gasteiger partial charge is 0.463 e. The number of carbonyl (C=O) groups excluding carboxylic acids is 1. The fourth-order valence-corrected chi connectivity index (χ4v) is 7.05. The fraction of sp³-hybridized carbons (Fsp3) is 0.812. The van der Waals surface area contributed by atoms with E-state index in [9.17, 15) is 4.79 Å². The van der Waals surface area contributed by atoms with Crippen molar-refractivity contribution in [1.82, 2.24) is 0 Å². The van der Waals surface area contributed by atoms with E-state index < -0.39 is 8.07 Å². The van der Waals surface area contributed by atoms with Crippen LogP contribution in [0, 0.1) is 0 Å². The monoisotopic (exact) mass is 284 g/mol. The highest BCUT2D eigenvalue weighted by atomic mass is 28.3. The van der Waals surface area contributed by atoms with Gasteiger partial charge in [0.15, 0.2) is 0 Å². The zero-order valence-electron chi connectivity index (χ0n) is 13.4. The molecule has 0 aromatic rings. The van der Waals surface area contributed by atoms with Crippen molar-refractivity contribution in [3.05, 3.63) is 12.2 Å². The molecule has 0 fully saturated rings. The van der Waals surface area contributed by atoms with Gasteiger partial charge < -0.3 is 4.74 Å².